The van der Waals surface area contributed by atoms with Crippen molar-refractivity contribution in [1.29, 1.82) is 0 Å². The molecule has 1 heterocycles. The second-order valence-electron chi connectivity index (χ2n) is 8.51. The number of carbonyl (C=O) groups is 1. The number of alkyl halides is 3. The molecule has 1 spiro atoms. The lowest BCUT2D eigenvalue weighted by Crippen LogP contribution is -2.62. The highest BCUT2D eigenvalue weighted by Crippen LogP contribution is 2.52. The van der Waals surface area contributed by atoms with Crippen molar-refractivity contribution < 1.29 is 31.1 Å². The Morgan fingerprint density at radius 3 is 2.32 bits per heavy atom. The van der Waals surface area contributed by atoms with Gasteiger partial charge in [-0.2, -0.15) is 13.2 Å². The summed E-state index contributed by atoms with van der Waals surface area (Å²) in [4.78, 5) is 12.9. The number of halogens is 3. The zero-order valence-corrected chi connectivity index (χ0v) is 16.7. The topological polar surface area (TPSA) is 63.7 Å². The predicted molar refractivity (Wildman–Crippen MR) is 97.1 cm³/mol. The SMILES string of the molecule is CC(C)(C)OC(=O)N1CC2(CC(=Cc3cccc(S(=O)(=O)C(F)(F)F)c3)C2)C1. The largest absolute Gasteiger partial charge is 0.501 e. The van der Waals surface area contributed by atoms with Crippen molar-refractivity contribution in [3.05, 3.63) is 35.4 Å². The van der Waals surface area contributed by atoms with Crippen LogP contribution in [0.3, 0.4) is 0 Å². The van der Waals surface area contributed by atoms with Gasteiger partial charge in [-0.3, -0.25) is 0 Å². The molecule has 1 amide bonds. The summed E-state index contributed by atoms with van der Waals surface area (Å²) in [6, 6.07) is 4.85. The molecule has 1 aromatic rings. The summed E-state index contributed by atoms with van der Waals surface area (Å²) in [6.07, 6.45) is 2.82. The van der Waals surface area contributed by atoms with E-state index in [9.17, 15) is 26.4 Å². The van der Waals surface area contributed by atoms with Gasteiger partial charge in [0.25, 0.3) is 9.84 Å². The molecule has 2 aliphatic rings. The van der Waals surface area contributed by atoms with Gasteiger partial charge in [-0.15, -0.1) is 0 Å². The van der Waals surface area contributed by atoms with Crippen molar-refractivity contribution in [1.82, 2.24) is 4.90 Å². The average molecular weight is 417 g/mol. The van der Waals surface area contributed by atoms with Crippen molar-refractivity contribution >= 4 is 22.0 Å². The van der Waals surface area contributed by atoms with Crippen LogP contribution in [0.1, 0.15) is 39.2 Å². The lowest BCUT2D eigenvalue weighted by Gasteiger charge is -2.56. The molecule has 9 heteroatoms. The first-order valence-electron chi connectivity index (χ1n) is 8.80. The number of ether oxygens (including phenoxy) is 1. The number of benzene rings is 1. The molecule has 0 unspecified atom stereocenters. The molecule has 154 valence electrons. The molecule has 0 bridgehead atoms. The van der Waals surface area contributed by atoms with Crippen LogP contribution in [0.4, 0.5) is 18.0 Å². The van der Waals surface area contributed by atoms with Crippen LogP contribution in [-0.4, -0.2) is 43.6 Å². The first kappa shape index (κ1) is 20.7. The van der Waals surface area contributed by atoms with E-state index in [0.29, 0.717) is 18.7 Å². The fourth-order valence-corrected chi connectivity index (χ4v) is 4.41. The van der Waals surface area contributed by atoms with E-state index in [1.165, 1.54) is 6.07 Å². The van der Waals surface area contributed by atoms with E-state index < -0.39 is 25.8 Å². The lowest BCUT2D eigenvalue weighted by atomic mass is 9.60. The first-order valence-corrected chi connectivity index (χ1v) is 10.3. The van der Waals surface area contributed by atoms with Crippen LogP contribution >= 0.6 is 0 Å². The van der Waals surface area contributed by atoms with Crippen LogP contribution in [0.15, 0.2) is 34.7 Å². The number of amides is 1. The summed E-state index contributed by atoms with van der Waals surface area (Å²) in [5.74, 6) is 0. The summed E-state index contributed by atoms with van der Waals surface area (Å²) in [5.41, 5.74) is -4.44. The Labute approximate surface area is 162 Å². The molecule has 28 heavy (non-hydrogen) atoms. The zero-order valence-electron chi connectivity index (χ0n) is 15.8. The normalized spacial score (nSPS) is 19.1. The smallest absolute Gasteiger partial charge is 0.444 e. The summed E-state index contributed by atoms with van der Waals surface area (Å²) >= 11 is 0. The number of likely N-dealkylation sites (tertiary alicyclic amines) is 1. The van der Waals surface area contributed by atoms with Crippen molar-refractivity contribution in [2.45, 2.75) is 49.6 Å². The average Bonchev–Trinajstić information content (AvgIpc) is 2.45. The highest BCUT2D eigenvalue weighted by atomic mass is 32.2. The highest BCUT2D eigenvalue weighted by molar-refractivity contribution is 7.92. The van der Waals surface area contributed by atoms with Crippen molar-refractivity contribution in [3.8, 4) is 0 Å². The van der Waals surface area contributed by atoms with Crippen LogP contribution in [0.5, 0.6) is 0 Å². The number of carbonyl (C=O) groups excluding carboxylic acids is 1. The Hall–Kier alpha value is -2.03. The minimum atomic E-state index is -5.36. The third-order valence-corrected chi connectivity index (χ3v) is 6.24. The number of nitrogens with zero attached hydrogens (tertiary/aromatic N) is 1. The molecule has 1 saturated heterocycles. The fourth-order valence-electron chi connectivity index (χ4n) is 3.60. The Kier molecular flexibility index (Phi) is 4.81. The number of hydrogen-bond donors (Lipinski definition) is 0. The van der Waals surface area contributed by atoms with Crippen molar-refractivity contribution in [3.63, 3.8) is 0 Å². The number of rotatable bonds is 2. The van der Waals surface area contributed by atoms with Crippen LogP contribution in [0.25, 0.3) is 6.08 Å². The molecule has 0 atom stereocenters. The summed E-state index contributed by atoms with van der Waals surface area (Å²) in [7, 11) is -5.36. The van der Waals surface area contributed by atoms with Gasteiger partial charge in [0.15, 0.2) is 0 Å². The Bertz CT molecular complexity index is 913. The zero-order chi connectivity index (χ0) is 21.0. The van der Waals surface area contributed by atoms with Crippen LogP contribution in [0.2, 0.25) is 0 Å². The maximum atomic E-state index is 12.7. The molecule has 3 rings (SSSR count). The summed E-state index contributed by atoms with van der Waals surface area (Å²) < 4.78 is 66.5. The number of hydrogen-bond acceptors (Lipinski definition) is 4. The Balaban J connectivity index is 1.62. The molecule has 2 fully saturated rings. The van der Waals surface area contributed by atoms with Crippen LogP contribution < -0.4 is 0 Å². The fraction of sp³-hybridized carbons (Fsp3) is 0.526. The highest BCUT2D eigenvalue weighted by Gasteiger charge is 2.52. The monoisotopic (exact) mass is 417 g/mol. The standard InChI is InChI=1S/C19H22F3NO4S/c1-17(2,3)27-16(24)23-11-18(12-23)9-14(10-18)7-13-5-4-6-15(8-13)28(25,26)19(20,21)22/h4-8H,9-12H2,1-3H3. The second-order valence-corrected chi connectivity index (χ2v) is 10.5. The lowest BCUT2D eigenvalue weighted by molar-refractivity contribution is -0.0499. The molecule has 1 saturated carbocycles. The van der Waals surface area contributed by atoms with Gasteiger partial charge < -0.3 is 9.64 Å². The molecule has 0 N–H and O–H groups in total. The minimum absolute atomic E-state index is 0.00159. The molecule has 1 aliphatic carbocycles. The van der Waals surface area contributed by atoms with Crippen molar-refractivity contribution in [2.75, 3.05) is 13.1 Å². The quantitative estimate of drug-likeness (QED) is 0.716. The van der Waals surface area contributed by atoms with Crippen molar-refractivity contribution in [2.24, 2.45) is 5.41 Å². The Morgan fingerprint density at radius 2 is 1.79 bits per heavy atom. The molecule has 1 aliphatic heterocycles. The second kappa shape index (κ2) is 6.50. The van der Waals surface area contributed by atoms with Gasteiger partial charge in [-0.1, -0.05) is 23.8 Å². The van der Waals surface area contributed by atoms with Crippen LogP contribution in [0, 0.1) is 5.41 Å². The van der Waals surface area contributed by atoms with Crippen LogP contribution in [-0.2, 0) is 14.6 Å². The first-order chi connectivity index (χ1) is 12.7. The predicted octanol–water partition coefficient (Wildman–Crippen LogP) is 4.39. The molecular formula is C19H22F3NO4S. The van der Waals surface area contributed by atoms with E-state index in [4.69, 9.17) is 4.74 Å². The molecular weight excluding hydrogens is 395 g/mol. The van der Waals surface area contributed by atoms with Gasteiger partial charge in [-0.25, -0.2) is 13.2 Å². The van der Waals surface area contributed by atoms with E-state index in [-0.39, 0.29) is 11.5 Å². The molecule has 0 aromatic heterocycles. The van der Waals surface area contributed by atoms with Gasteiger partial charge in [0.05, 0.1) is 4.90 Å². The molecule has 5 nitrogen and oxygen atoms in total. The summed E-state index contributed by atoms with van der Waals surface area (Å²) in [5, 5.41) is 0. The maximum absolute atomic E-state index is 12.7. The van der Waals surface area contributed by atoms with E-state index in [2.05, 4.69) is 0 Å². The summed E-state index contributed by atoms with van der Waals surface area (Å²) in [6.45, 7) is 6.58. The van der Waals surface area contributed by atoms with E-state index in [1.54, 1.807) is 37.8 Å². The van der Waals surface area contributed by atoms with Gasteiger partial charge in [0, 0.05) is 18.5 Å². The third-order valence-electron chi connectivity index (χ3n) is 4.75. The maximum Gasteiger partial charge on any atom is 0.501 e. The molecule has 1 aromatic carbocycles. The van der Waals surface area contributed by atoms with Gasteiger partial charge in [-0.05, 0) is 51.3 Å². The van der Waals surface area contributed by atoms with E-state index >= 15 is 0 Å². The Morgan fingerprint density at radius 1 is 1.18 bits per heavy atom. The molecule has 0 radical (unpaired) electrons. The number of allylic oxidation sites excluding steroid dienone is 1. The van der Waals surface area contributed by atoms with E-state index in [1.807, 2.05) is 0 Å². The van der Waals surface area contributed by atoms with E-state index in [0.717, 1.165) is 30.5 Å². The number of sulfone groups is 1. The van der Waals surface area contributed by atoms with Gasteiger partial charge in [0.1, 0.15) is 5.60 Å². The third kappa shape index (κ3) is 4.04. The van der Waals surface area contributed by atoms with Gasteiger partial charge >= 0.3 is 11.6 Å². The van der Waals surface area contributed by atoms with Gasteiger partial charge in [0.2, 0.25) is 0 Å². The minimum Gasteiger partial charge on any atom is -0.444 e.